The van der Waals surface area contributed by atoms with Gasteiger partial charge in [-0.15, -0.1) is 0 Å². The first-order valence-corrected chi connectivity index (χ1v) is 9.21. The van der Waals surface area contributed by atoms with Gasteiger partial charge < -0.3 is 9.88 Å². The Morgan fingerprint density at radius 2 is 1.89 bits per heavy atom. The fraction of sp³-hybridized carbons (Fsp3) is 0.0870. The molecule has 5 nitrogen and oxygen atoms in total. The van der Waals surface area contributed by atoms with Crippen molar-refractivity contribution in [1.82, 2.24) is 19.5 Å². The first-order chi connectivity index (χ1) is 13.7. The molecule has 0 amide bonds. The first-order valence-electron chi connectivity index (χ1n) is 9.21. The number of aryl methyl sites for hydroxylation is 1. The molecule has 0 spiro atoms. The summed E-state index contributed by atoms with van der Waals surface area (Å²) in [4.78, 5) is 14.1. The van der Waals surface area contributed by atoms with Crippen molar-refractivity contribution in [1.29, 1.82) is 0 Å². The summed E-state index contributed by atoms with van der Waals surface area (Å²) in [5.74, 6) is 1.58. The number of anilines is 1. The maximum atomic E-state index is 4.98. The van der Waals surface area contributed by atoms with Crippen LogP contribution in [-0.4, -0.2) is 26.6 Å². The van der Waals surface area contributed by atoms with Crippen LogP contribution in [0.2, 0.25) is 0 Å². The number of benzene rings is 2. The SMILES string of the molecule is CNc1ccc2nc(-c3cccc(C)c3)nc(-n3ccc4cnccc43)c2c1. The minimum atomic E-state index is 0.722. The van der Waals surface area contributed by atoms with E-state index in [0.29, 0.717) is 0 Å². The van der Waals surface area contributed by atoms with Crippen molar-refractivity contribution in [2.24, 2.45) is 0 Å². The fourth-order valence-corrected chi connectivity index (χ4v) is 3.53. The highest BCUT2D eigenvalue weighted by Crippen LogP contribution is 2.29. The van der Waals surface area contributed by atoms with E-state index in [9.17, 15) is 0 Å². The Morgan fingerprint density at radius 1 is 0.964 bits per heavy atom. The highest BCUT2D eigenvalue weighted by molar-refractivity contribution is 5.92. The highest BCUT2D eigenvalue weighted by Gasteiger charge is 2.14. The summed E-state index contributed by atoms with van der Waals surface area (Å²) in [5, 5.41) is 5.29. The molecule has 0 fully saturated rings. The number of aromatic nitrogens is 4. The molecule has 0 saturated heterocycles. The van der Waals surface area contributed by atoms with Crippen molar-refractivity contribution in [2.45, 2.75) is 6.92 Å². The molecule has 3 aromatic heterocycles. The molecule has 28 heavy (non-hydrogen) atoms. The Bertz CT molecular complexity index is 1320. The number of nitrogens with one attached hydrogen (secondary N) is 1. The molecule has 0 radical (unpaired) electrons. The van der Waals surface area contributed by atoms with E-state index in [1.165, 1.54) is 5.56 Å². The van der Waals surface area contributed by atoms with Gasteiger partial charge >= 0.3 is 0 Å². The number of nitrogens with zero attached hydrogens (tertiary/aromatic N) is 4. The smallest absolute Gasteiger partial charge is 0.162 e. The summed E-state index contributed by atoms with van der Waals surface area (Å²) in [5.41, 5.74) is 5.21. The van der Waals surface area contributed by atoms with Crippen LogP contribution in [0.1, 0.15) is 5.56 Å². The molecule has 136 valence electrons. The fourth-order valence-electron chi connectivity index (χ4n) is 3.53. The largest absolute Gasteiger partial charge is 0.388 e. The second-order valence-electron chi connectivity index (χ2n) is 6.84. The van der Waals surface area contributed by atoms with Gasteiger partial charge in [0.05, 0.1) is 11.0 Å². The van der Waals surface area contributed by atoms with E-state index < -0.39 is 0 Å². The van der Waals surface area contributed by atoms with Gasteiger partial charge in [-0.1, -0.05) is 23.8 Å². The molecule has 5 heteroatoms. The average molecular weight is 365 g/mol. The molecule has 3 heterocycles. The van der Waals surface area contributed by atoms with Crippen molar-refractivity contribution < 1.29 is 0 Å². The van der Waals surface area contributed by atoms with E-state index in [4.69, 9.17) is 9.97 Å². The number of hydrogen-bond donors (Lipinski definition) is 1. The first kappa shape index (κ1) is 16.4. The summed E-state index contributed by atoms with van der Waals surface area (Å²) >= 11 is 0. The van der Waals surface area contributed by atoms with E-state index in [1.807, 2.05) is 49.9 Å². The van der Waals surface area contributed by atoms with Crippen LogP contribution < -0.4 is 5.32 Å². The summed E-state index contributed by atoms with van der Waals surface area (Å²) in [6.45, 7) is 2.08. The van der Waals surface area contributed by atoms with E-state index in [-0.39, 0.29) is 0 Å². The highest BCUT2D eigenvalue weighted by atomic mass is 15.1. The summed E-state index contributed by atoms with van der Waals surface area (Å²) in [6, 6.07) is 18.5. The van der Waals surface area contributed by atoms with Gasteiger partial charge in [0.2, 0.25) is 0 Å². The molecule has 0 aliphatic heterocycles. The lowest BCUT2D eigenvalue weighted by Crippen LogP contribution is -2.02. The molecular formula is C23H19N5. The Balaban J connectivity index is 1.84. The van der Waals surface area contributed by atoms with Gasteiger partial charge in [0.15, 0.2) is 5.82 Å². The molecule has 5 aromatic rings. The molecule has 0 aliphatic rings. The maximum Gasteiger partial charge on any atom is 0.162 e. The zero-order valence-corrected chi connectivity index (χ0v) is 15.7. The molecule has 0 atom stereocenters. The lowest BCUT2D eigenvalue weighted by atomic mass is 10.1. The summed E-state index contributed by atoms with van der Waals surface area (Å²) in [6.07, 6.45) is 5.72. The van der Waals surface area contributed by atoms with Crippen molar-refractivity contribution in [3.63, 3.8) is 0 Å². The molecule has 0 bridgehead atoms. The minimum Gasteiger partial charge on any atom is -0.388 e. The maximum absolute atomic E-state index is 4.98. The van der Waals surface area contributed by atoms with Crippen molar-refractivity contribution in [3.8, 4) is 17.2 Å². The van der Waals surface area contributed by atoms with Gasteiger partial charge in [-0.2, -0.15) is 0 Å². The standard InChI is InChI=1S/C23H19N5/c1-15-4-3-5-16(12-15)22-26-20-7-6-18(24-2)13-19(20)23(27-22)28-11-9-17-14-25-10-8-21(17)28/h3-14,24H,1-2H3. The van der Waals surface area contributed by atoms with Gasteiger partial charge in [0.1, 0.15) is 5.82 Å². The Labute approximate surface area is 162 Å². The van der Waals surface area contributed by atoms with Crippen molar-refractivity contribution in [2.75, 3.05) is 12.4 Å². The van der Waals surface area contributed by atoms with E-state index >= 15 is 0 Å². The van der Waals surface area contributed by atoms with E-state index in [1.54, 1.807) is 0 Å². The molecule has 2 aromatic carbocycles. The third kappa shape index (κ3) is 2.68. The zero-order chi connectivity index (χ0) is 19.1. The molecule has 0 saturated carbocycles. The minimum absolute atomic E-state index is 0.722. The van der Waals surface area contributed by atoms with Crippen molar-refractivity contribution >= 4 is 27.5 Å². The third-order valence-electron chi connectivity index (χ3n) is 4.96. The average Bonchev–Trinajstić information content (AvgIpc) is 3.16. The quantitative estimate of drug-likeness (QED) is 0.490. The number of hydrogen-bond acceptors (Lipinski definition) is 4. The normalized spacial score (nSPS) is 11.2. The number of rotatable bonds is 3. The van der Waals surface area contributed by atoms with Gasteiger partial charge in [0.25, 0.3) is 0 Å². The second-order valence-corrected chi connectivity index (χ2v) is 6.84. The van der Waals surface area contributed by atoms with Crippen molar-refractivity contribution in [3.05, 3.63) is 78.8 Å². The molecule has 1 N–H and O–H groups in total. The number of fused-ring (bicyclic) bond motifs is 2. The topological polar surface area (TPSA) is 55.6 Å². The van der Waals surface area contributed by atoms with Gasteiger partial charge in [-0.25, -0.2) is 9.97 Å². The van der Waals surface area contributed by atoms with E-state index in [0.717, 1.165) is 44.7 Å². The Morgan fingerprint density at radius 3 is 2.75 bits per heavy atom. The van der Waals surface area contributed by atoms with E-state index in [2.05, 4.69) is 52.1 Å². The van der Waals surface area contributed by atoms with Crippen LogP contribution >= 0.6 is 0 Å². The summed E-state index contributed by atoms with van der Waals surface area (Å²) in [7, 11) is 1.92. The van der Waals surface area contributed by atoms with Gasteiger partial charge in [-0.05, 0) is 43.3 Å². The molecule has 0 unspecified atom stereocenters. The third-order valence-corrected chi connectivity index (χ3v) is 4.96. The molecule has 5 rings (SSSR count). The van der Waals surface area contributed by atoms with Crippen LogP contribution in [0.3, 0.4) is 0 Å². The molecular weight excluding hydrogens is 346 g/mol. The lowest BCUT2D eigenvalue weighted by Gasteiger charge is -2.12. The van der Waals surface area contributed by atoms with Gasteiger partial charge in [0, 0.05) is 47.7 Å². The van der Waals surface area contributed by atoms with Gasteiger partial charge in [-0.3, -0.25) is 4.98 Å². The Kier molecular flexibility index (Phi) is 3.79. The number of pyridine rings is 1. The van der Waals surface area contributed by atoms with Crippen LogP contribution in [0.15, 0.2) is 73.2 Å². The van der Waals surface area contributed by atoms with Crippen LogP contribution in [0.5, 0.6) is 0 Å². The lowest BCUT2D eigenvalue weighted by molar-refractivity contribution is 1.04. The second kappa shape index (κ2) is 6.46. The van der Waals surface area contributed by atoms with Crippen LogP contribution in [-0.2, 0) is 0 Å². The van der Waals surface area contributed by atoms with Crippen LogP contribution in [0.25, 0.3) is 39.0 Å². The van der Waals surface area contributed by atoms with Crippen LogP contribution in [0, 0.1) is 6.92 Å². The predicted octanol–water partition coefficient (Wildman–Crippen LogP) is 4.99. The Hall–Kier alpha value is -3.73. The zero-order valence-electron chi connectivity index (χ0n) is 15.7. The van der Waals surface area contributed by atoms with Crippen LogP contribution in [0.4, 0.5) is 5.69 Å². The molecule has 0 aliphatic carbocycles. The monoisotopic (exact) mass is 365 g/mol. The summed E-state index contributed by atoms with van der Waals surface area (Å²) < 4.78 is 2.11. The predicted molar refractivity (Wildman–Crippen MR) is 114 cm³/mol.